The minimum absolute atomic E-state index is 0.00337. The van der Waals surface area contributed by atoms with Crippen molar-refractivity contribution in [3.63, 3.8) is 0 Å². The van der Waals surface area contributed by atoms with Crippen LogP contribution in [0.15, 0.2) is 11.0 Å². The fourth-order valence-electron chi connectivity index (χ4n) is 4.95. The number of aliphatic hydroxyl groups excluding tert-OH is 1. The normalized spacial score (nSPS) is 36.0. The molecule has 0 bridgehead atoms. The molecule has 7 heteroatoms. The van der Waals surface area contributed by atoms with Gasteiger partial charge in [-0.3, -0.25) is 9.59 Å². The number of aryl methyl sites for hydroxylation is 1. The highest BCUT2D eigenvalue weighted by Gasteiger charge is 2.43. The van der Waals surface area contributed by atoms with Gasteiger partial charge in [-0.25, -0.2) is 4.98 Å². The Kier molecular flexibility index (Phi) is 8.75. The molecule has 3 rings (SSSR count). The topological polar surface area (TPSA) is 89.0 Å². The lowest BCUT2D eigenvalue weighted by Gasteiger charge is -2.35. The number of thiazole rings is 1. The first-order chi connectivity index (χ1) is 15.9. The van der Waals surface area contributed by atoms with Crippen molar-refractivity contribution in [2.45, 2.75) is 105 Å². The molecule has 1 aromatic rings. The van der Waals surface area contributed by atoms with Gasteiger partial charge >= 0.3 is 5.97 Å². The van der Waals surface area contributed by atoms with E-state index in [2.05, 4.69) is 4.98 Å². The van der Waals surface area contributed by atoms with Crippen molar-refractivity contribution < 1.29 is 24.2 Å². The average molecular weight is 492 g/mol. The summed E-state index contributed by atoms with van der Waals surface area (Å²) in [5.74, 6) is -0.996. The van der Waals surface area contributed by atoms with E-state index in [1.54, 1.807) is 11.3 Å². The summed E-state index contributed by atoms with van der Waals surface area (Å²) in [7, 11) is 0. The molecule has 1 N–H and O–H groups in total. The van der Waals surface area contributed by atoms with Crippen LogP contribution < -0.4 is 0 Å². The summed E-state index contributed by atoms with van der Waals surface area (Å²) in [5.41, 5.74) is 1.07. The maximum absolute atomic E-state index is 13.3. The molecule has 2 saturated heterocycles. The van der Waals surface area contributed by atoms with Crippen LogP contribution in [0.2, 0.25) is 0 Å². The van der Waals surface area contributed by atoms with Crippen LogP contribution in [0.4, 0.5) is 0 Å². The number of hydrogen-bond donors (Lipinski definition) is 1. The first-order valence-corrected chi connectivity index (χ1v) is 13.5. The third-order valence-electron chi connectivity index (χ3n) is 7.92. The molecule has 6 nitrogen and oxygen atoms in total. The minimum atomic E-state index is -0.751. The summed E-state index contributed by atoms with van der Waals surface area (Å²) >= 11 is 1.59. The van der Waals surface area contributed by atoms with Gasteiger partial charge in [-0.2, -0.15) is 0 Å². The first-order valence-electron chi connectivity index (χ1n) is 12.6. The number of carbonyl (C=O) groups is 2. The number of nitrogens with zero attached hydrogens (tertiary/aromatic N) is 1. The van der Waals surface area contributed by atoms with Gasteiger partial charge in [-0.15, -0.1) is 11.3 Å². The Balaban J connectivity index is 1.81. The highest BCUT2D eigenvalue weighted by molar-refractivity contribution is 7.09. The van der Waals surface area contributed by atoms with Crippen molar-refractivity contribution in [1.29, 1.82) is 0 Å². The molecule has 2 fully saturated rings. The number of ketones is 1. The SMILES string of the molecule is C/C(=C\c1csc(C)n1)[C@@H]1C[C@@H]2O[C@@H]2CCC[C@H](C)[C@H](O)[C@@H](C)C(=O)C(C)(C)[C@@H](C)CC(=O)O1. The Morgan fingerprint density at radius 3 is 2.56 bits per heavy atom. The molecule has 0 radical (unpaired) electrons. The fraction of sp³-hybridized carbons (Fsp3) is 0.741. The van der Waals surface area contributed by atoms with E-state index in [4.69, 9.17) is 9.47 Å². The highest BCUT2D eigenvalue weighted by atomic mass is 32.1. The van der Waals surface area contributed by atoms with Crippen LogP contribution in [-0.2, 0) is 19.1 Å². The lowest BCUT2D eigenvalue weighted by molar-refractivity contribution is -0.151. The molecule has 190 valence electrons. The van der Waals surface area contributed by atoms with Crippen molar-refractivity contribution in [1.82, 2.24) is 4.98 Å². The molecule has 3 heterocycles. The quantitative estimate of drug-likeness (QED) is 0.442. The molecule has 1 aromatic heterocycles. The highest BCUT2D eigenvalue weighted by Crippen LogP contribution is 2.38. The molecule has 0 spiro atoms. The fourth-order valence-corrected chi connectivity index (χ4v) is 5.52. The molecule has 0 aromatic carbocycles. The standard InChI is InChI=1S/C27H41NO5S/c1-15-9-8-10-21-23(32-21)13-22(16(2)11-20-14-34-19(5)28-20)33-24(29)12-17(3)27(6,7)26(31)18(4)25(15)30/h11,14-15,17-18,21-23,25,30H,8-10,12-13H2,1-7H3/b16-11+/t15-,17-,18+,21+,22-,23-,25-/m0/s1. The lowest BCUT2D eigenvalue weighted by Crippen LogP contribution is -2.42. The largest absolute Gasteiger partial charge is 0.458 e. The van der Waals surface area contributed by atoms with E-state index in [1.165, 1.54) is 0 Å². The van der Waals surface area contributed by atoms with Crippen molar-refractivity contribution in [3.05, 3.63) is 21.7 Å². The predicted octanol–water partition coefficient (Wildman–Crippen LogP) is 5.36. The second-order valence-corrected chi connectivity index (χ2v) is 12.0. The maximum atomic E-state index is 13.3. The van der Waals surface area contributed by atoms with Crippen LogP contribution in [-0.4, -0.2) is 46.3 Å². The summed E-state index contributed by atoms with van der Waals surface area (Å²) in [5, 5.41) is 13.8. The van der Waals surface area contributed by atoms with Crippen LogP contribution in [0, 0.1) is 30.1 Å². The van der Waals surface area contributed by atoms with Crippen molar-refractivity contribution in [2.24, 2.45) is 23.2 Å². The van der Waals surface area contributed by atoms with Gasteiger partial charge in [0.2, 0.25) is 0 Å². The average Bonchev–Trinajstić information content (AvgIpc) is 3.38. The smallest absolute Gasteiger partial charge is 0.306 e. The van der Waals surface area contributed by atoms with Crippen LogP contribution in [0.3, 0.4) is 0 Å². The second-order valence-electron chi connectivity index (χ2n) is 11.0. The molecular weight excluding hydrogens is 450 g/mol. The summed E-state index contributed by atoms with van der Waals surface area (Å²) in [6.45, 7) is 13.4. The van der Waals surface area contributed by atoms with Crippen molar-refractivity contribution >= 4 is 29.2 Å². The molecular formula is C27H41NO5S. The Bertz CT molecular complexity index is 907. The molecule has 0 unspecified atom stereocenters. The van der Waals surface area contributed by atoms with Crippen LogP contribution in [0.5, 0.6) is 0 Å². The van der Waals surface area contributed by atoms with E-state index in [-0.39, 0.29) is 48.3 Å². The van der Waals surface area contributed by atoms with Crippen LogP contribution >= 0.6 is 11.3 Å². The summed E-state index contributed by atoms with van der Waals surface area (Å²) in [6.07, 6.45) is 4.58. The van der Waals surface area contributed by atoms with Crippen molar-refractivity contribution in [2.75, 3.05) is 0 Å². The summed E-state index contributed by atoms with van der Waals surface area (Å²) in [6, 6.07) is 0. The number of cyclic esters (lactones) is 1. The van der Waals surface area contributed by atoms with Crippen molar-refractivity contribution in [3.8, 4) is 0 Å². The number of aliphatic hydroxyl groups is 1. The summed E-state index contributed by atoms with van der Waals surface area (Å²) in [4.78, 5) is 30.8. The van der Waals surface area contributed by atoms with Gasteiger partial charge in [0.25, 0.3) is 0 Å². The van der Waals surface area contributed by atoms with Crippen LogP contribution in [0.1, 0.15) is 84.3 Å². The number of fused-ring (bicyclic) bond motifs is 1. The number of rotatable bonds is 2. The van der Waals surface area contributed by atoms with Gasteiger partial charge in [0.15, 0.2) is 0 Å². The number of carbonyl (C=O) groups excluding carboxylic acids is 2. The molecule has 7 atom stereocenters. The summed E-state index contributed by atoms with van der Waals surface area (Å²) < 4.78 is 11.9. The number of Topliss-reactive ketones (excluding diaryl/α,β-unsaturated/α-hetero) is 1. The van der Waals surface area contributed by atoms with Gasteiger partial charge in [0, 0.05) is 29.6 Å². The minimum Gasteiger partial charge on any atom is -0.458 e. The number of ether oxygens (including phenoxy) is 2. The van der Waals surface area contributed by atoms with E-state index in [9.17, 15) is 14.7 Å². The van der Waals surface area contributed by atoms with Gasteiger partial charge in [-0.1, -0.05) is 41.0 Å². The lowest BCUT2D eigenvalue weighted by atomic mass is 9.69. The number of esters is 1. The Hall–Kier alpha value is -1.57. The molecule has 2 aliphatic heterocycles. The first kappa shape index (κ1) is 27.0. The molecule has 34 heavy (non-hydrogen) atoms. The van der Waals surface area contributed by atoms with E-state index >= 15 is 0 Å². The second kappa shape index (κ2) is 11.0. The monoisotopic (exact) mass is 491 g/mol. The molecule has 0 saturated carbocycles. The Morgan fingerprint density at radius 2 is 1.91 bits per heavy atom. The van der Waals surface area contributed by atoms with E-state index < -0.39 is 17.4 Å². The third-order valence-corrected chi connectivity index (χ3v) is 8.72. The van der Waals surface area contributed by atoms with Crippen LogP contribution in [0.25, 0.3) is 6.08 Å². The number of epoxide rings is 1. The Morgan fingerprint density at radius 1 is 1.21 bits per heavy atom. The predicted molar refractivity (Wildman–Crippen MR) is 134 cm³/mol. The Labute approximate surface area is 208 Å². The van der Waals surface area contributed by atoms with E-state index in [1.807, 2.05) is 59.9 Å². The number of hydrogen-bond acceptors (Lipinski definition) is 7. The zero-order valence-corrected chi connectivity index (χ0v) is 22.5. The van der Waals surface area contributed by atoms with Gasteiger partial charge in [0.1, 0.15) is 11.9 Å². The van der Waals surface area contributed by atoms with E-state index in [0.717, 1.165) is 35.5 Å². The van der Waals surface area contributed by atoms with Gasteiger partial charge < -0.3 is 14.6 Å². The van der Waals surface area contributed by atoms with Gasteiger partial charge in [0.05, 0.1) is 29.0 Å². The number of aromatic nitrogens is 1. The maximum Gasteiger partial charge on any atom is 0.306 e. The zero-order valence-electron chi connectivity index (χ0n) is 21.7. The molecule has 0 amide bonds. The molecule has 2 aliphatic rings. The van der Waals surface area contributed by atoms with Gasteiger partial charge in [-0.05, 0) is 50.2 Å². The third kappa shape index (κ3) is 6.55. The van der Waals surface area contributed by atoms with E-state index in [0.29, 0.717) is 6.42 Å². The zero-order chi connectivity index (χ0) is 25.2. The molecule has 0 aliphatic carbocycles.